The van der Waals surface area contributed by atoms with Gasteiger partial charge in [-0.1, -0.05) is 124 Å². The molecule has 0 saturated heterocycles. The molecule has 0 aromatic rings. The van der Waals surface area contributed by atoms with Crippen molar-refractivity contribution in [1.82, 2.24) is 5.32 Å². The van der Waals surface area contributed by atoms with Gasteiger partial charge in [-0.05, 0) is 104 Å². The lowest BCUT2D eigenvalue weighted by Gasteiger charge is -2.58. The van der Waals surface area contributed by atoms with E-state index in [0.717, 1.165) is 74.0 Å². The maximum atomic E-state index is 12.9. The average molecular weight is 698 g/mol. The van der Waals surface area contributed by atoms with E-state index in [1.165, 1.54) is 95.5 Å². The van der Waals surface area contributed by atoms with Crippen LogP contribution >= 0.6 is 0 Å². The van der Waals surface area contributed by atoms with Crippen LogP contribution in [-0.4, -0.2) is 35.1 Å². The second kappa shape index (κ2) is 19.3. The maximum Gasteiger partial charge on any atom is 0.326 e. The molecule has 50 heavy (non-hydrogen) atoms. The summed E-state index contributed by atoms with van der Waals surface area (Å²) in [7, 11) is 0. The summed E-state index contributed by atoms with van der Waals surface area (Å²) in [6.45, 7) is 14.6. The van der Waals surface area contributed by atoms with Gasteiger partial charge in [0.2, 0.25) is 5.91 Å². The van der Waals surface area contributed by atoms with Gasteiger partial charge in [0.1, 0.15) is 12.1 Å². The fourth-order valence-electron chi connectivity index (χ4n) is 11.4. The third-order valence-electron chi connectivity index (χ3n) is 14.3. The van der Waals surface area contributed by atoms with E-state index >= 15 is 0 Å². The summed E-state index contributed by atoms with van der Waals surface area (Å²) in [4.78, 5) is 37.3. The Morgan fingerprint density at radius 1 is 0.840 bits per heavy atom. The van der Waals surface area contributed by atoms with Crippen molar-refractivity contribution in [2.45, 2.75) is 201 Å². The maximum absolute atomic E-state index is 12.9. The van der Waals surface area contributed by atoms with Crippen molar-refractivity contribution in [2.75, 3.05) is 0 Å². The van der Waals surface area contributed by atoms with Crippen LogP contribution in [-0.2, 0) is 19.1 Å². The quantitative estimate of drug-likeness (QED) is 0.0707. The predicted molar refractivity (Wildman–Crippen MR) is 204 cm³/mol. The number of allylic oxidation sites excluding steroid dienone is 1. The number of hydrogen-bond donors (Lipinski definition) is 2. The molecule has 3 fully saturated rings. The van der Waals surface area contributed by atoms with Crippen molar-refractivity contribution in [3.8, 4) is 0 Å². The molecule has 0 spiro atoms. The molecule has 0 aliphatic heterocycles. The molecular weight excluding hydrogens is 622 g/mol. The Morgan fingerprint density at radius 3 is 2.22 bits per heavy atom. The third kappa shape index (κ3) is 10.6. The number of carboxylic acid groups (broad SMARTS) is 1. The van der Waals surface area contributed by atoms with Gasteiger partial charge in [-0.15, -0.1) is 0 Å². The highest BCUT2D eigenvalue weighted by atomic mass is 16.5. The number of esters is 1. The molecule has 0 bridgehead atoms. The number of carbonyl (C=O) groups is 3. The van der Waals surface area contributed by atoms with Crippen molar-refractivity contribution in [2.24, 2.45) is 46.3 Å². The van der Waals surface area contributed by atoms with E-state index in [1.54, 1.807) is 0 Å². The Bertz CT molecular complexity index is 1130. The Balaban J connectivity index is 1.20. The van der Waals surface area contributed by atoms with Crippen molar-refractivity contribution < 1.29 is 24.2 Å². The Morgan fingerprint density at radius 2 is 1.54 bits per heavy atom. The molecule has 9 atom stereocenters. The van der Waals surface area contributed by atoms with Crippen molar-refractivity contribution >= 4 is 17.8 Å². The van der Waals surface area contributed by atoms with Gasteiger partial charge in [-0.2, -0.15) is 0 Å². The van der Waals surface area contributed by atoms with E-state index in [9.17, 15) is 19.5 Å². The van der Waals surface area contributed by atoms with Crippen molar-refractivity contribution in [1.29, 1.82) is 0 Å². The minimum atomic E-state index is -1.09. The van der Waals surface area contributed by atoms with Crippen LogP contribution in [0.5, 0.6) is 0 Å². The highest BCUT2D eigenvalue weighted by Crippen LogP contribution is 2.67. The smallest absolute Gasteiger partial charge is 0.326 e. The monoisotopic (exact) mass is 698 g/mol. The van der Waals surface area contributed by atoms with Gasteiger partial charge in [-0.25, -0.2) is 4.79 Å². The molecule has 1 amide bonds. The molecule has 4 aliphatic rings. The average Bonchev–Trinajstić information content (AvgIpc) is 3.43. The molecule has 2 N–H and O–H groups in total. The predicted octanol–water partition coefficient (Wildman–Crippen LogP) is 11.2. The summed E-state index contributed by atoms with van der Waals surface area (Å²) >= 11 is 0. The first-order valence-electron chi connectivity index (χ1n) is 21.3. The molecule has 0 heterocycles. The number of nitrogens with one attached hydrogen (secondary N) is 1. The number of amides is 1. The van der Waals surface area contributed by atoms with E-state index in [0.29, 0.717) is 11.8 Å². The molecule has 4 unspecified atom stereocenters. The second-order valence-corrected chi connectivity index (χ2v) is 18.2. The number of hydrogen-bond acceptors (Lipinski definition) is 4. The summed E-state index contributed by atoms with van der Waals surface area (Å²) in [5.74, 6) is 3.14. The van der Waals surface area contributed by atoms with Gasteiger partial charge in [0.15, 0.2) is 0 Å². The first-order valence-corrected chi connectivity index (χ1v) is 21.3. The number of rotatable bonds is 21. The van der Waals surface area contributed by atoms with Crippen LogP contribution < -0.4 is 5.32 Å². The lowest BCUT2D eigenvalue weighted by Crippen LogP contribution is -2.51. The topological polar surface area (TPSA) is 92.7 Å². The number of fused-ring (bicyclic) bond motifs is 5. The zero-order valence-corrected chi connectivity index (χ0v) is 33.0. The Hall–Kier alpha value is -1.85. The van der Waals surface area contributed by atoms with Crippen molar-refractivity contribution in [3.63, 3.8) is 0 Å². The lowest BCUT2D eigenvalue weighted by molar-refractivity contribution is -0.152. The fraction of sp³-hybridized carbons (Fsp3) is 0.886. The van der Waals surface area contributed by atoms with Crippen LogP contribution in [0.1, 0.15) is 189 Å². The van der Waals surface area contributed by atoms with Crippen LogP contribution in [0.25, 0.3) is 0 Å². The minimum Gasteiger partial charge on any atom is -0.480 e. The largest absolute Gasteiger partial charge is 0.480 e. The van der Waals surface area contributed by atoms with Crippen LogP contribution in [0.2, 0.25) is 0 Å². The van der Waals surface area contributed by atoms with E-state index in [4.69, 9.17) is 4.74 Å². The molecular formula is C44H75NO5. The summed E-state index contributed by atoms with van der Waals surface area (Å²) in [6.07, 6.45) is 26.8. The van der Waals surface area contributed by atoms with Gasteiger partial charge in [0.05, 0.1) is 0 Å². The molecule has 6 nitrogen and oxygen atoms in total. The molecule has 0 radical (unpaired) electrons. The number of unbranched alkanes of at least 4 members (excludes halogenated alkanes) is 8. The molecule has 286 valence electrons. The molecule has 3 saturated carbocycles. The fourth-order valence-corrected chi connectivity index (χ4v) is 11.4. The number of carbonyl (C=O) groups excluding carboxylic acids is 2. The molecule has 4 rings (SSSR count). The summed E-state index contributed by atoms with van der Waals surface area (Å²) in [5, 5.41) is 12.4. The standard InChI is InChI=1S/C44H75NO5/c1-7-8-9-10-11-12-13-14-15-19-40(46)45-39(42(48)49)24-25-41(47)50-34-26-28-43(5)33(30-34)20-21-35-37-23-22-36(32(4)18-16-17-31(2)3)44(37,6)29-27-38(35)43/h20,31-32,34-39H,7-19,21-30H2,1-6H3,(H,45,46)(H,48,49)/t32-,34?,35?,36-,37?,38?,39+,43+,44-/m1/s1. The first-order chi connectivity index (χ1) is 23.9. The third-order valence-corrected chi connectivity index (χ3v) is 14.3. The van der Waals surface area contributed by atoms with Gasteiger partial charge in [0.25, 0.3) is 0 Å². The van der Waals surface area contributed by atoms with E-state index in [1.807, 2.05) is 0 Å². The van der Waals surface area contributed by atoms with Gasteiger partial charge in [-0.3, -0.25) is 9.59 Å². The summed E-state index contributed by atoms with van der Waals surface area (Å²) in [5.41, 5.74) is 2.17. The zero-order valence-electron chi connectivity index (χ0n) is 33.0. The Labute approximate surface area is 306 Å². The second-order valence-electron chi connectivity index (χ2n) is 18.2. The van der Waals surface area contributed by atoms with Crippen LogP contribution in [0.15, 0.2) is 11.6 Å². The molecule has 4 aliphatic carbocycles. The zero-order chi connectivity index (χ0) is 36.3. The van der Waals surface area contributed by atoms with Gasteiger partial charge >= 0.3 is 11.9 Å². The number of aliphatic carboxylic acids is 1. The molecule has 0 aromatic carbocycles. The van der Waals surface area contributed by atoms with E-state index in [2.05, 4.69) is 52.9 Å². The highest BCUT2D eigenvalue weighted by molar-refractivity contribution is 5.84. The normalized spacial score (nSPS) is 31.6. The van der Waals surface area contributed by atoms with Crippen molar-refractivity contribution in [3.05, 3.63) is 11.6 Å². The lowest BCUT2D eigenvalue weighted by atomic mass is 9.47. The summed E-state index contributed by atoms with van der Waals surface area (Å²) in [6, 6.07) is -1.06. The Kier molecular flexibility index (Phi) is 15.8. The molecule has 6 heteroatoms. The summed E-state index contributed by atoms with van der Waals surface area (Å²) < 4.78 is 5.98. The van der Waals surface area contributed by atoms with Gasteiger partial charge in [0, 0.05) is 19.3 Å². The van der Waals surface area contributed by atoms with Crippen LogP contribution in [0, 0.1) is 46.3 Å². The highest BCUT2D eigenvalue weighted by Gasteiger charge is 2.59. The first kappa shape index (κ1) is 40.9. The van der Waals surface area contributed by atoms with E-state index < -0.39 is 12.0 Å². The molecule has 0 aromatic heterocycles. The minimum absolute atomic E-state index is 0.00408. The SMILES string of the molecule is CCCCCCCCCCCC(=O)N[C@@H](CCC(=O)OC1CC[C@@]2(C)C(=CCC3C2CC[C@@]2(C)C3CC[C@@H]2[C@H](C)CCCC(C)C)C1)C(=O)O. The number of carboxylic acids is 1. The number of ether oxygens (including phenoxy) is 1. The van der Waals surface area contributed by atoms with E-state index in [-0.39, 0.29) is 36.2 Å². The van der Waals surface area contributed by atoms with Gasteiger partial charge < -0.3 is 15.2 Å². The van der Waals surface area contributed by atoms with Crippen LogP contribution in [0.3, 0.4) is 0 Å². The van der Waals surface area contributed by atoms with Crippen LogP contribution in [0.4, 0.5) is 0 Å².